The number of aromatic nitrogens is 3. The molecule has 0 unspecified atom stereocenters. The number of aryl methyl sites for hydroxylation is 1. The molecular weight excluding hydrogens is 471 g/mol. The van der Waals surface area contributed by atoms with Gasteiger partial charge in [0.2, 0.25) is 0 Å². The number of nitrogens with two attached hydrogens (primary N) is 1. The zero-order valence-corrected chi connectivity index (χ0v) is 19.4. The molecule has 0 atom stereocenters. The first-order valence-corrected chi connectivity index (χ1v) is 11.2. The second kappa shape index (κ2) is 8.84. The van der Waals surface area contributed by atoms with E-state index in [-0.39, 0.29) is 22.1 Å². The van der Waals surface area contributed by atoms with Crippen LogP contribution >= 0.6 is 11.6 Å². The summed E-state index contributed by atoms with van der Waals surface area (Å²) in [6.07, 6.45) is 2.66. The highest BCUT2D eigenvalue weighted by Gasteiger charge is 2.28. The summed E-state index contributed by atoms with van der Waals surface area (Å²) < 4.78 is 15.1. The van der Waals surface area contributed by atoms with Gasteiger partial charge < -0.3 is 16.4 Å². The Labute approximate surface area is 204 Å². The number of hydrogen-bond acceptors (Lipinski definition) is 5. The Kier molecular flexibility index (Phi) is 5.70. The molecule has 0 bridgehead atoms. The summed E-state index contributed by atoms with van der Waals surface area (Å²) in [7, 11) is 1.70. The summed E-state index contributed by atoms with van der Waals surface area (Å²) >= 11 is 6.20. The van der Waals surface area contributed by atoms with Crippen molar-refractivity contribution in [3.05, 3.63) is 88.0 Å². The predicted octanol–water partition coefficient (Wildman–Crippen LogP) is 4.22. The summed E-state index contributed by atoms with van der Waals surface area (Å²) in [5, 5.41) is 10.4. The van der Waals surface area contributed by atoms with Gasteiger partial charge in [0.25, 0.3) is 11.8 Å². The third-order valence-electron chi connectivity index (χ3n) is 5.91. The number of nitrogens with zero attached hydrogens (tertiary/aromatic N) is 3. The number of hydrogen-bond donors (Lipinski definition) is 3. The van der Waals surface area contributed by atoms with E-state index in [9.17, 15) is 14.0 Å². The molecule has 0 saturated carbocycles. The molecule has 0 fully saturated rings. The Morgan fingerprint density at radius 1 is 1.11 bits per heavy atom. The van der Waals surface area contributed by atoms with Crippen LogP contribution in [0.5, 0.6) is 0 Å². The second-order valence-corrected chi connectivity index (χ2v) is 8.46. The van der Waals surface area contributed by atoms with E-state index in [4.69, 9.17) is 17.3 Å². The molecule has 2 amide bonds. The number of benzene rings is 2. The molecule has 176 valence electrons. The van der Waals surface area contributed by atoms with E-state index < -0.39 is 11.8 Å². The van der Waals surface area contributed by atoms with Crippen LogP contribution in [0, 0.1) is 5.82 Å². The lowest BCUT2D eigenvalue weighted by molar-refractivity contribution is 0.0992. The molecule has 4 aromatic rings. The molecule has 35 heavy (non-hydrogen) atoms. The molecule has 1 aliphatic rings. The molecule has 2 aromatic carbocycles. The third kappa shape index (κ3) is 4.10. The Bertz CT molecular complexity index is 1480. The number of carbonyl (C=O) groups is 2. The van der Waals surface area contributed by atoms with Crippen molar-refractivity contribution in [2.24, 2.45) is 5.73 Å². The quantitative estimate of drug-likeness (QED) is 0.387. The van der Waals surface area contributed by atoms with Crippen LogP contribution < -0.4 is 16.4 Å². The number of halogens is 2. The molecule has 5 rings (SSSR count). The van der Waals surface area contributed by atoms with Gasteiger partial charge in [-0.15, -0.1) is 0 Å². The van der Waals surface area contributed by atoms with Gasteiger partial charge in [-0.05, 0) is 60.9 Å². The molecule has 2 heterocycles. The first-order chi connectivity index (χ1) is 16.9. The lowest BCUT2D eigenvalue weighted by atomic mass is 9.88. The standard InChI is InChI=1S/C25H20ClFN6O2/c1-29-21-11-19(20(26)12-30-21)25(35)31-15-6-2-13-3-9-17-22(24(28)34)32-33(23(17)18(13)10-15)16-7-4-14(27)5-8-16/h2,4-8,10-12H,3,9H2,1H3,(H2,28,34)(H,29,30)(H,31,35). The minimum absolute atomic E-state index is 0.174. The third-order valence-corrected chi connectivity index (χ3v) is 6.21. The van der Waals surface area contributed by atoms with Gasteiger partial charge >= 0.3 is 0 Å². The highest BCUT2D eigenvalue weighted by atomic mass is 35.5. The summed E-state index contributed by atoms with van der Waals surface area (Å²) in [4.78, 5) is 29.2. The maximum Gasteiger partial charge on any atom is 0.269 e. The van der Waals surface area contributed by atoms with Crippen molar-refractivity contribution in [2.45, 2.75) is 12.8 Å². The zero-order valence-electron chi connectivity index (χ0n) is 18.6. The van der Waals surface area contributed by atoms with Gasteiger partial charge in [-0.1, -0.05) is 17.7 Å². The number of carbonyl (C=O) groups excluding carboxylic acids is 2. The number of pyridine rings is 1. The number of rotatable bonds is 5. The Balaban J connectivity index is 1.58. The smallest absolute Gasteiger partial charge is 0.269 e. The predicted molar refractivity (Wildman–Crippen MR) is 132 cm³/mol. The maximum absolute atomic E-state index is 13.5. The van der Waals surface area contributed by atoms with Crippen molar-refractivity contribution in [1.29, 1.82) is 0 Å². The van der Waals surface area contributed by atoms with Crippen molar-refractivity contribution in [3.8, 4) is 16.9 Å². The highest BCUT2D eigenvalue weighted by molar-refractivity contribution is 6.34. The normalized spacial score (nSPS) is 12.0. The van der Waals surface area contributed by atoms with Crippen LogP contribution in [-0.4, -0.2) is 33.6 Å². The van der Waals surface area contributed by atoms with E-state index in [2.05, 4.69) is 20.7 Å². The Morgan fingerprint density at radius 3 is 2.60 bits per heavy atom. The minimum Gasteiger partial charge on any atom is -0.373 e. The second-order valence-electron chi connectivity index (χ2n) is 8.05. The van der Waals surface area contributed by atoms with Crippen molar-refractivity contribution in [2.75, 3.05) is 17.7 Å². The topological polar surface area (TPSA) is 115 Å². The number of primary amides is 1. The first-order valence-electron chi connectivity index (χ1n) is 10.8. The van der Waals surface area contributed by atoms with E-state index in [1.165, 1.54) is 18.3 Å². The molecule has 0 saturated heterocycles. The lowest BCUT2D eigenvalue weighted by Gasteiger charge is -2.20. The Hall–Kier alpha value is -4.24. The molecule has 4 N–H and O–H groups in total. The van der Waals surface area contributed by atoms with E-state index in [1.807, 2.05) is 18.2 Å². The van der Waals surface area contributed by atoms with Crippen LogP contribution in [-0.2, 0) is 12.8 Å². The largest absolute Gasteiger partial charge is 0.373 e. The average Bonchev–Trinajstić information content (AvgIpc) is 3.25. The van der Waals surface area contributed by atoms with E-state index in [1.54, 1.807) is 29.9 Å². The SMILES string of the molecule is CNc1cc(C(=O)Nc2ccc3c(c2)-c2c(c(C(N)=O)nn2-c2ccc(F)cc2)CC3)c(Cl)cn1. The molecule has 2 aromatic heterocycles. The lowest BCUT2D eigenvalue weighted by Crippen LogP contribution is -2.16. The first kappa shape index (κ1) is 22.5. The molecule has 8 nitrogen and oxygen atoms in total. The fourth-order valence-electron chi connectivity index (χ4n) is 4.23. The molecule has 0 spiro atoms. The number of amides is 2. The molecule has 1 aliphatic carbocycles. The van der Waals surface area contributed by atoms with Crippen LogP contribution in [0.1, 0.15) is 32.0 Å². The van der Waals surface area contributed by atoms with Gasteiger partial charge in [0.05, 0.1) is 22.0 Å². The van der Waals surface area contributed by atoms with E-state index in [0.29, 0.717) is 41.3 Å². The van der Waals surface area contributed by atoms with Gasteiger partial charge in [-0.25, -0.2) is 14.1 Å². The van der Waals surface area contributed by atoms with Crippen LogP contribution in [0.15, 0.2) is 54.7 Å². The summed E-state index contributed by atoms with van der Waals surface area (Å²) in [5.74, 6) is -0.902. The number of fused-ring (bicyclic) bond motifs is 3. The van der Waals surface area contributed by atoms with Crippen LogP contribution in [0.4, 0.5) is 15.9 Å². The van der Waals surface area contributed by atoms with Gasteiger partial charge in [0.15, 0.2) is 5.69 Å². The highest BCUT2D eigenvalue weighted by Crippen LogP contribution is 2.38. The number of anilines is 2. The summed E-state index contributed by atoms with van der Waals surface area (Å²) in [5.41, 5.74) is 10.4. The minimum atomic E-state index is -0.636. The summed E-state index contributed by atoms with van der Waals surface area (Å²) in [6, 6.07) is 12.9. The fourth-order valence-corrected chi connectivity index (χ4v) is 4.42. The fraction of sp³-hybridized carbons (Fsp3) is 0.120. The molecular formula is C25H20ClFN6O2. The van der Waals surface area contributed by atoms with Gasteiger partial charge in [0.1, 0.15) is 11.6 Å². The molecule has 10 heteroatoms. The van der Waals surface area contributed by atoms with Crippen molar-refractivity contribution in [3.63, 3.8) is 0 Å². The zero-order chi connectivity index (χ0) is 24.7. The van der Waals surface area contributed by atoms with Crippen LogP contribution in [0.3, 0.4) is 0 Å². The van der Waals surface area contributed by atoms with Crippen LogP contribution in [0.2, 0.25) is 5.02 Å². The average molecular weight is 491 g/mol. The van der Waals surface area contributed by atoms with E-state index >= 15 is 0 Å². The van der Waals surface area contributed by atoms with Gasteiger partial charge in [-0.3, -0.25) is 9.59 Å². The molecule has 0 radical (unpaired) electrons. The summed E-state index contributed by atoms with van der Waals surface area (Å²) in [6.45, 7) is 0. The van der Waals surface area contributed by atoms with Gasteiger partial charge in [0, 0.05) is 30.1 Å². The van der Waals surface area contributed by atoms with E-state index in [0.717, 1.165) is 11.1 Å². The maximum atomic E-state index is 13.5. The Morgan fingerprint density at radius 2 is 1.89 bits per heavy atom. The molecule has 0 aliphatic heterocycles. The van der Waals surface area contributed by atoms with Crippen molar-refractivity contribution >= 4 is 34.9 Å². The van der Waals surface area contributed by atoms with Crippen molar-refractivity contribution < 1.29 is 14.0 Å². The van der Waals surface area contributed by atoms with Crippen LogP contribution in [0.25, 0.3) is 16.9 Å². The number of nitrogens with one attached hydrogen (secondary N) is 2. The van der Waals surface area contributed by atoms with Gasteiger partial charge in [-0.2, -0.15) is 5.10 Å². The van der Waals surface area contributed by atoms with Crippen molar-refractivity contribution in [1.82, 2.24) is 14.8 Å². The monoisotopic (exact) mass is 490 g/mol.